The fourth-order valence-corrected chi connectivity index (χ4v) is 3.83. The Morgan fingerprint density at radius 2 is 1.83 bits per heavy atom. The number of rotatable bonds is 11. The number of esters is 1. The van der Waals surface area contributed by atoms with Gasteiger partial charge in [0.1, 0.15) is 28.8 Å². The highest BCUT2D eigenvalue weighted by molar-refractivity contribution is 5.93. The number of aromatic hydroxyl groups is 1. The number of ether oxygens (including phenoxy) is 1. The molecule has 0 fully saturated rings. The second-order valence-electron chi connectivity index (χ2n) is 9.27. The Labute approximate surface area is 211 Å². The number of aldehydes is 1. The number of benzene rings is 2. The maximum atomic E-state index is 12.6. The maximum absolute atomic E-state index is 12.6. The smallest absolute Gasteiger partial charge is 0.338 e. The van der Waals surface area contributed by atoms with Gasteiger partial charge in [0.25, 0.3) is 0 Å². The lowest BCUT2D eigenvalue weighted by molar-refractivity contribution is -0.132. The number of fused-ring (bicyclic) bond motifs is 1. The zero-order chi connectivity index (χ0) is 26.5. The highest BCUT2D eigenvalue weighted by Gasteiger charge is 2.25. The summed E-state index contributed by atoms with van der Waals surface area (Å²) < 4.78 is 5.07. The molecule has 3 rings (SSSR count). The zero-order valence-corrected chi connectivity index (χ0v) is 21.6. The molecule has 9 heteroatoms. The number of aromatic nitrogens is 3. The van der Waals surface area contributed by atoms with Crippen molar-refractivity contribution in [2.24, 2.45) is 0 Å². The molecule has 9 nitrogen and oxygen atoms in total. The molecule has 3 aromatic rings. The van der Waals surface area contributed by atoms with Gasteiger partial charge >= 0.3 is 5.97 Å². The molecule has 0 unspecified atom stereocenters. The van der Waals surface area contributed by atoms with Crippen molar-refractivity contribution < 1.29 is 24.2 Å². The number of hydrogen-bond acceptors (Lipinski definition) is 7. The molecular formula is C27H34N4O5. The summed E-state index contributed by atoms with van der Waals surface area (Å²) in [6.07, 6.45) is 1.87. The third-order valence-electron chi connectivity index (χ3n) is 6.51. The van der Waals surface area contributed by atoms with Crippen LogP contribution in [0, 0.1) is 0 Å². The average molecular weight is 495 g/mol. The topological polar surface area (TPSA) is 115 Å². The predicted molar refractivity (Wildman–Crippen MR) is 136 cm³/mol. The summed E-state index contributed by atoms with van der Waals surface area (Å²) in [6, 6.07) is 8.70. The van der Waals surface area contributed by atoms with Crippen LogP contribution in [0.4, 0.5) is 0 Å². The van der Waals surface area contributed by atoms with E-state index in [2.05, 4.69) is 31.0 Å². The number of phenolic OH excluding ortho intramolecular Hbond substituents is 1. The third-order valence-corrected chi connectivity index (χ3v) is 6.51. The number of phenols is 1. The number of nitrogens with zero attached hydrogens (tertiary/aromatic N) is 4. The summed E-state index contributed by atoms with van der Waals surface area (Å²) in [5.41, 5.74) is 3.13. The fraction of sp³-hybridized carbons (Fsp3) is 0.444. The first-order valence-corrected chi connectivity index (χ1v) is 12.3. The third kappa shape index (κ3) is 5.72. The molecular weight excluding hydrogens is 460 g/mol. The van der Waals surface area contributed by atoms with E-state index in [1.54, 1.807) is 30.0 Å². The molecule has 1 amide bonds. The van der Waals surface area contributed by atoms with Crippen LogP contribution in [-0.4, -0.2) is 56.3 Å². The lowest BCUT2D eigenvalue weighted by Crippen LogP contribution is -2.30. The van der Waals surface area contributed by atoms with Crippen molar-refractivity contribution in [2.45, 2.75) is 65.8 Å². The molecule has 192 valence electrons. The number of carbonyl (C=O) groups excluding carboxylic acids is 3. The van der Waals surface area contributed by atoms with Gasteiger partial charge in [-0.25, -0.2) is 4.79 Å². The van der Waals surface area contributed by atoms with E-state index in [-0.39, 0.29) is 43.1 Å². The van der Waals surface area contributed by atoms with Gasteiger partial charge in [0.05, 0.1) is 12.2 Å². The number of carbonyl (C=O) groups is 3. The minimum Gasteiger partial charge on any atom is -0.505 e. The largest absolute Gasteiger partial charge is 0.505 e. The van der Waals surface area contributed by atoms with E-state index in [1.165, 1.54) is 4.80 Å². The molecule has 36 heavy (non-hydrogen) atoms. The van der Waals surface area contributed by atoms with Crippen molar-refractivity contribution in [1.82, 2.24) is 19.9 Å². The van der Waals surface area contributed by atoms with E-state index >= 15 is 0 Å². The fourth-order valence-electron chi connectivity index (χ4n) is 3.83. The Bertz CT molecular complexity index is 1260. The van der Waals surface area contributed by atoms with Crippen molar-refractivity contribution in [3.05, 3.63) is 47.0 Å². The molecule has 0 atom stereocenters. The first kappa shape index (κ1) is 26.8. The molecule has 0 aliphatic rings. The summed E-state index contributed by atoms with van der Waals surface area (Å²) >= 11 is 0. The van der Waals surface area contributed by atoms with Gasteiger partial charge in [-0.2, -0.15) is 0 Å². The summed E-state index contributed by atoms with van der Waals surface area (Å²) in [5, 5.41) is 20.3. The van der Waals surface area contributed by atoms with E-state index in [0.717, 1.165) is 18.3 Å². The normalized spacial score (nSPS) is 11.5. The van der Waals surface area contributed by atoms with Crippen LogP contribution in [0.3, 0.4) is 0 Å². The lowest BCUT2D eigenvalue weighted by atomic mass is 9.81. The van der Waals surface area contributed by atoms with Crippen LogP contribution in [0.2, 0.25) is 0 Å². The summed E-state index contributed by atoms with van der Waals surface area (Å²) in [4.78, 5) is 38.5. The quantitative estimate of drug-likeness (QED) is 0.312. The minimum atomic E-state index is -0.440. The molecule has 0 saturated carbocycles. The standard InChI is InChI=1S/C27H34N4O5/c1-6-27(4,5)20-14-19(17-30(7-2)24(33)10-9-13-32)25(34)23(16-20)31-28-21-12-11-18(15-22(21)29-31)26(35)36-8-3/h11-16,34H,6-10,17H2,1-5H3. The molecule has 0 spiro atoms. The second kappa shape index (κ2) is 11.3. The Hall–Kier alpha value is -3.75. The molecule has 0 radical (unpaired) electrons. The van der Waals surface area contributed by atoms with Gasteiger partial charge in [-0.05, 0) is 61.6 Å². The lowest BCUT2D eigenvalue weighted by Gasteiger charge is -2.27. The molecule has 2 aromatic carbocycles. The minimum absolute atomic E-state index is 0.0294. The summed E-state index contributed by atoms with van der Waals surface area (Å²) in [7, 11) is 0. The van der Waals surface area contributed by atoms with Gasteiger partial charge in [-0.3, -0.25) is 4.79 Å². The van der Waals surface area contributed by atoms with E-state index in [1.807, 2.05) is 19.1 Å². The first-order chi connectivity index (χ1) is 17.1. The zero-order valence-electron chi connectivity index (χ0n) is 21.6. The number of amides is 1. The van der Waals surface area contributed by atoms with Crippen LogP contribution in [0.5, 0.6) is 5.75 Å². The van der Waals surface area contributed by atoms with Gasteiger partial charge in [0.15, 0.2) is 0 Å². The molecule has 0 saturated heterocycles. The highest BCUT2D eigenvalue weighted by Crippen LogP contribution is 2.35. The molecule has 1 N–H and O–H groups in total. The van der Waals surface area contributed by atoms with Crippen molar-refractivity contribution in [3.8, 4) is 11.4 Å². The number of hydrogen-bond donors (Lipinski definition) is 1. The first-order valence-electron chi connectivity index (χ1n) is 12.3. The Morgan fingerprint density at radius 1 is 1.11 bits per heavy atom. The molecule has 1 heterocycles. The van der Waals surface area contributed by atoms with Crippen LogP contribution in [0.15, 0.2) is 30.3 Å². The highest BCUT2D eigenvalue weighted by atomic mass is 16.5. The Kier molecular flexibility index (Phi) is 8.45. The van der Waals surface area contributed by atoms with E-state index in [0.29, 0.717) is 34.4 Å². The summed E-state index contributed by atoms with van der Waals surface area (Å²) in [5.74, 6) is -0.622. The van der Waals surface area contributed by atoms with E-state index in [4.69, 9.17) is 4.74 Å². The van der Waals surface area contributed by atoms with Gasteiger partial charge in [0, 0.05) is 31.5 Å². The molecule has 0 aliphatic carbocycles. The predicted octanol–water partition coefficient (Wildman–Crippen LogP) is 4.32. The van der Waals surface area contributed by atoms with Crippen molar-refractivity contribution in [2.75, 3.05) is 13.2 Å². The molecule has 1 aromatic heterocycles. The van der Waals surface area contributed by atoms with Gasteiger partial charge < -0.3 is 19.5 Å². The van der Waals surface area contributed by atoms with Gasteiger partial charge in [0.2, 0.25) is 5.91 Å². The van der Waals surface area contributed by atoms with Crippen LogP contribution in [-0.2, 0) is 26.3 Å². The molecule has 0 bridgehead atoms. The van der Waals surface area contributed by atoms with Gasteiger partial charge in [-0.1, -0.05) is 20.8 Å². The van der Waals surface area contributed by atoms with Crippen LogP contribution >= 0.6 is 0 Å². The Morgan fingerprint density at radius 3 is 2.47 bits per heavy atom. The second-order valence-corrected chi connectivity index (χ2v) is 9.27. The van der Waals surface area contributed by atoms with E-state index < -0.39 is 5.97 Å². The van der Waals surface area contributed by atoms with E-state index in [9.17, 15) is 19.5 Å². The average Bonchev–Trinajstić information content (AvgIpc) is 3.29. The van der Waals surface area contributed by atoms with Crippen molar-refractivity contribution in [3.63, 3.8) is 0 Å². The van der Waals surface area contributed by atoms with Crippen LogP contribution in [0.25, 0.3) is 16.7 Å². The molecule has 0 aliphatic heterocycles. The SMILES string of the molecule is CCOC(=O)c1ccc2nn(-c3cc(C(C)(C)CC)cc(CN(CC)C(=O)CCC=O)c3O)nc2c1. The van der Waals surface area contributed by atoms with Crippen LogP contribution in [0.1, 0.15) is 75.4 Å². The maximum Gasteiger partial charge on any atom is 0.338 e. The summed E-state index contributed by atoms with van der Waals surface area (Å²) in [6.45, 7) is 10.8. The van der Waals surface area contributed by atoms with Crippen molar-refractivity contribution in [1.29, 1.82) is 0 Å². The monoisotopic (exact) mass is 494 g/mol. The van der Waals surface area contributed by atoms with Gasteiger partial charge in [-0.15, -0.1) is 15.0 Å². The van der Waals surface area contributed by atoms with Crippen molar-refractivity contribution >= 4 is 29.2 Å². The Balaban J connectivity index is 2.10. The van der Waals surface area contributed by atoms with Crippen LogP contribution < -0.4 is 0 Å².